The number of fused-ring (bicyclic) bond motifs is 2. The number of nitrogens with zero attached hydrogens (tertiary/aromatic N) is 2. The van der Waals surface area contributed by atoms with E-state index in [1.807, 2.05) is 84.9 Å². The molecule has 40 heavy (non-hydrogen) atoms. The van der Waals surface area contributed by atoms with Crippen molar-refractivity contribution in [2.75, 3.05) is 0 Å². The van der Waals surface area contributed by atoms with Gasteiger partial charge < -0.3 is 9.47 Å². The van der Waals surface area contributed by atoms with Crippen molar-refractivity contribution in [1.82, 2.24) is 9.97 Å². The van der Waals surface area contributed by atoms with E-state index in [2.05, 4.69) is 36.4 Å². The molecule has 0 unspecified atom stereocenters. The fourth-order valence-corrected chi connectivity index (χ4v) is 6.65. The molecular weight excluding hydrogens is 533 g/mol. The topological polar surface area (TPSA) is 44.2 Å². The molecule has 0 saturated heterocycles. The van der Waals surface area contributed by atoms with Crippen LogP contribution in [0.4, 0.5) is 0 Å². The summed E-state index contributed by atoms with van der Waals surface area (Å²) in [6, 6.07) is 40.9. The fraction of sp³-hybridized carbons (Fsp3) is 0.0588. The lowest BCUT2D eigenvalue weighted by Crippen LogP contribution is -2.04. The van der Waals surface area contributed by atoms with Gasteiger partial charge in [-0.25, -0.2) is 9.97 Å². The molecule has 0 aliphatic carbocycles. The summed E-state index contributed by atoms with van der Waals surface area (Å²) in [5.41, 5.74) is 6.18. The molecule has 0 fully saturated rings. The van der Waals surface area contributed by atoms with Crippen molar-refractivity contribution in [3.63, 3.8) is 0 Å². The average molecular weight is 557 g/mol. The van der Waals surface area contributed by atoms with Gasteiger partial charge in [-0.1, -0.05) is 72.8 Å². The molecule has 0 N–H and O–H groups in total. The highest BCUT2D eigenvalue weighted by molar-refractivity contribution is 7.22. The Morgan fingerprint density at radius 2 is 0.850 bits per heavy atom. The monoisotopic (exact) mass is 556 g/mol. The van der Waals surface area contributed by atoms with Gasteiger partial charge in [0.25, 0.3) is 0 Å². The summed E-state index contributed by atoms with van der Waals surface area (Å²) >= 11 is 3.36. The summed E-state index contributed by atoms with van der Waals surface area (Å²) in [5, 5.41) is 1.92. The molecule has 0 amide bonds. The highest BCUT2D eigenvalue weighted by Crippen LogP contribution is 2.37. The van der Waals surface area contributed by atoms with E-state index >= 15 is 0 Å². The molecule has 0 atom stereocenters. The Morgan fingerprint density at radius 1 is 0.450 bits per heavy atom. The summed E-state index contributed by atoms with van der Waals surface area (Å²) in [4.78, 5) is 9.68. The first-order chi connectivity index (χ1) is 19.8. The van der Waals surface area contributed by atoms with Gasteiger partial charge in [-0.2, -0.15) is 0 Å². The Morgan fingerprint density at radius 3 is 1.32 bits per heavy atom. The maximum Gasteiger partial charge on any atom is 0.130 e. The average Bonchev–Trinajstić information content (AvgIpc) is 3.64. The standard InChI is InChI=1S/C34H24N2O2S2/c1-2-12-24(22-38-30-18-8-4-14-26(30)34-36-28-16-6-10-20-32(28)40-34)23(11-1)21-37-29-17-7-3-13-25(29)33-35-27-15-5-9-19-31(27)39-33/h1-20H,21-22H2. The van der Waals surface area contributed by atoms with Gasteiger partial charge in [0.1, 0.15) is 34.7 Å². The number of hydrogen-bond acceptors (Lipinski definition) is 6. The molecule has 0 aliphatic rings. The van der Waals surface area contributed by atoms with Crippen molar-refractivity contribution in [1.29, 1.82) is 0 Å². The number of para-hydroxylation sites is 4. The molecule has 4 nitrogen and oxygen atoms in total. The van der Waals surface area contributed by atoms with Crippen LogP contribution < -0.4 is 9.47 Å². The van der Waals surface area contributed by atoms with Crippen LogP contribution in [0.15, 0.2) is 121 Å². The summed E-state index contributed by atoms with van der Waals surface area (Å²) < 4.78 is 15.1. The second-order valence-corrected chi connectivity index (χ2v) is 11.4. The Labute approximate surface area is 240 Å². The molecule has 5 aromatic carbocycles. The van der Waals surface area contributed by atoms with E-state index < -0.39 is 0 Å². The van der Waals surface area contributed by atoms with Crippen molar-refractivity contribution < 1.29 is 9.47 Å². The number of aromatic nitrogens is 2. The van der Waals surface area contributed by atoms with Crippen LogP contribution in [0.25, 0.3) is 41.6 Å². The second kappa shape index (κ2) is 10.9. The lowest BCUT2D eigenvalue weighted by Gasteiger charge is -2.15. The minimum Gasteiger partial charge on any atom is -0.488 e. The molecule has 0 aliphatic heterocycles. The SMILES string of the molecule is c1ccc(COc2ccccc2-c2nc3ccccc3s2)c(COc2ccccc2-c2nc3ccccc3s2)c1. The Bertz CT molecular complexity index is 1740. The largest absolute Gasteiger partial charge is 0.488 e. The van der Waals surface area contributed by atoms with Gasteiger partial charge in [-0.05, 0) is 59.7 Å². The molecule has 0 bridgehead atoms. The summed E-state index contributed by atoms with van der Waals surface area (Å²) in [6.07, 6.45) is 0. The number of benzene rings is 5. The number of hydrogen-bond donors (Lipinski definition) is 0. The molecule has 194 valence electrons. The van der Waals surface area contributed by atoms with Gasteiger partial charge in [0, 0.05) is 0 Å². The van der Waals surface area contributed by atoms with E-state index in [9.17, 15) is 0 Å². The van der Waals surface area contributed by atoms with Crippen LogP contribution >= 0.6 is 22.7 Å². The molecular formula is C34H24N2O2S2. The summed E-state index contributed by atoms with van der Waals surface area (Å²) in [6.45, 7) is 0.863. The molecule has 2 aromatic heterocycles. The van der Waals surface area contributed by atoms with Gasteiger partial charge in [0.05, 0.1) is 31.6 Å². The quantitative estimate of drug-likeness (QED) is 0.187. The molecule has 2 heterocycles. The van der Waals surface area contributed by atoms with Crippen LogP contribution in [-0.2, 0) is 13.2 Å². The zero-order valence-electron chi connectivity index (χ0n) is 21.5. The van der Waals surface area contributed by atoms with Crippen LogP contribution in [0.2, 0.25) is 0 Å². The highest BCUT2D eigenvalue weighted by atomic mass is 32.1. The maximum absolute atomic E-state index is 6.40. The van der Waals surface area contributed by atoms with E-state index in [0.717, 1.165) is 54.8 Å². The van der Waals surface area contributed by atoms with Crippen LogP contribution in [0.1, 0.15) is 11.1 Å². The normalized spacial score (nSPS) is 11.2. The van der Waals surface area contributed by atoms with Crippen molar-refractivity contribution in [3.05, 3.63) is 132 Å². The van der Waals surface area contributed by atoms with E-state index in [1.165, 1.54) is 9.40 Å². The number of thiazole rings is 2. The van der Waals surface area contributed by atoms with Crippen molar-refractivity contribution in [2.24, 2.45) is 0 Å². The number of rotatable bonds is 8. The second-order valence-electron chi connectivity index (χ2n) is 9.31. The van der Waals surface area contributed by atoms with E-state index in [-0.39, 0.29) is 0 Å². The molecule has 0 radical (unpaired) electrons. The third kappa shape index (κ3) is 4.95. The first-order valence-corrected chi connectivity index (χ1v) is 14.7. The Kier molecular flexibility index (Phi) is 6.70. The van der Waals surface area contributed by atoms with Crippen LogP contribution in [-0.4, -0.2) is 9.97 Å². The molecule has 0 spiro atoms. The summed E-state index contributed by atoms with van der Waals surface area (Å²) in [7, 11) is 0. The Hall–Kier alpha value is -4.52. The van der Waals surface area contributed by atoms with Gasteiger partial charge in [-0.15, -0.1) is 22.7 Å². The van der Waals surface area contributed by atoms with Gasteiger partial charge in [0.2, 0.25) is 0 Å². The van der Waals surface area contributed by atoms with Crippen LogP contribution in [0, 0.1) is 0 Å². The van der Waals surface area contributed by atoms with Crippen molar-refractivity contribution >= 4 is 43.1 Å². The highest BCUT2D eigenvalue weighted by Gasteiger charge is 2.14. The minimum atomic E-state index is 0.432. The van der Waals surface area contributed by atoms with Crippen LogP contribution in [0.3, 0.4) is 0 Å². The predicted molar refractivity (Wildman–Crippen MR) is 165 cm³/mol. The van der Waals surface area contributed by atoms with E-state index in [0.29, 0.717) is 13.2 Å². The molecule has 7 rings (SSSR count). The Balaban J connectivity index is 1.11. The van der Waals surface area contributed by atoms with Crippen LogP contribution in [0.5, 0.6) is 11.5 Å². The summed E-state index contributed by atoms with van der Waals surface area (Å²) in [5.74, 6) is 1.64. The first-order valence-electron chi connectivity index (χ1n) is 13.0. The van der Waals surface area contributed by atoms with Crippen molar-refractivity contribution in [3.8, 4) is 32.6 Å². The lowest BCUT2D eigenvalue weighted by molar-refractivity contribution is 0.286. The maximum atomic E-state index is 6.40. The fourth-order valence-electron chi connectivity index (χ4n) is 4.66. The predicted octanol–water partition coefficient (Wildman–Crippen LogP) is 9.40. The molecule has 6 heteroatoms. The lowest BCUT2D eigenvalue weighted by atomic mass is 10.1. The molecule has 0 saturated carbocycles. The number of ether oxygens (including phenoxy) is 2. The van der Waals surface area contributed by atoms with Gasteiger partial charge in [-0.3, -0.25) is 0 Å². The zero-order chi connectivity index (χ0) is 26.7. The third-order valence-electron chi connectivity index (χ3n) is 6.71. The zero-order valence-corrected chi connectivity index (χ0v) is 23.1. The van der Waals surface area contributed by atoms with E-state index in [4.69, 9.17) is 19.4 Å². The third-order valence-corrected chi connectivity index (χ3v) is 8.85. The smallest absolute Gasteiger partial charge is 0.130 e. The van der Waals surface area contributed by atoms with Gasteiger partial charge >= 0.3 is 0 Å². The van der Waals surface area contributed by atoms with Crippen molar-refractivity contribution in [2.45, 2.75) is 13.2 Å². The van der Waals surface area contributed by atoms with Gasteiger partial charge in [0.15, 0.2) is 0 Å². The van der Waals surface area contributed by atoms with E-state index in [1.54, 1.807) is 22.7 Å². The minimum absolute atomic E-state index is 0.432. The first kappa shape index (κ1) is 24.5. The molecule has 7 aromatic rings.